The number of hydrogen-bond acceptors (Lipinski definition) is 3. The third kappa shape index (κ3) is 5.41. The molecule has 0 bridgehead atoms. The first kappa shape index (κ1) is 17.6. The summed E-state index contributed by atoms with van der Waals surface area (Å²) < 4.78 is 18.9. The van der Waals surface area contributed by atoms with Gasteiger partial charge in [0.1, 0.15) is 11.4 Å². The van der Waals surface area contributed by atoms with Gasteiger partial charge in [-0.3, -0.25) is 5.32 Å². The molecule has 0 spiro atoms. The van der Waals surface area contributed by atoms with Gasteiger partial charge in [0, 0.05) is 6.04 Å². The van der Waals surface area contributed by atoms with Crippen LogP contribution in [0.25, 0.3) is 0 Å². The first-order chi connectivity index (χ1) is 10.7. The number of halogens is 1. The topological polar surface area (TPSA) is 50.4 Å². The van der Waals surface area contributed by atoms with Crippen molar-refractivity contribution >= 4 is 17.5 Å². The highest BCUT2D eigenvalue weighted by atomic mass is 19.1. The number of benzene rings is 1. The van der Waals surface area contributed by atoms with Crippen molar-refractivity contribution in [1.29, 1.82) is 0 Å². The number of ether oxygens (including phenoxy) is 1. The minimum Gasteiger partial charge on any atom is -0.444 e. The van der Waals surface area contributed by atoms with Crippen molar-refractivity contribution in [2.24, 2.45) is 5.92 Å². The van der Waals surface area contributed by atoms with E-state index in [0.717, 1.165) is 6.42 Å². The summed E-state index contributed by atoms with van der Waals surface area (Å²) >= 11 is 0. The van der Waals surface area contributed by atoms with Crippen LogP contribution in [-0.2, 0) is 4.74 Å². The fourth-order valence-electron chi connectivity index (χ4n) is 2.89. The van der Waals surface area contributed by atoms with E-state index in [9.17, 15) is 9.18 Å². The van der Waals surface area contributed by atoms with Gasteiger partial charge >= 0.3 is 6.09 Å². The lowest BCUT2D eigenvalue weighted by atomic mass is 9.86. The summed E-state index contributed by atoms with van der Waals surface area (Å²) in [7, 11) is 0. The quantitative estimate of drug-likeness (QED) is 0.808. The van der Waals surface area contributed by atoms with Crippen LogP contribution >= 0.6 is 0 Å². The molecule has 1 aromatic carbocycles. The first-order valence-corrected chi connectivity index (χ1v) is 8.31. The van der Waals surface area contributed by atoms with Crippen LogP contribution in [0.4, 0.5) is 20.6 Å². The Labute approximate surface area is 137 Å². The Morgan fingerprint density at radius 3 is 2.57 bits per heavy atom. The summed E-state index contributed by atoms with van der Waals surface area (Å²) in [6.45, 7) is 7.62. The number of hydrogen-bond donors (Lipinski definition) is 2. The second-order valence-electron chi connectivity index (χ2n) is 7.33. The van der Waals surface area contributed by atoms with Crippen LogP contribution in [-0.4, -0.2) is 17.7 Å². The summed E-state index contributed by atoms with van der Waals surface area (Å²) in [6, 6.07) is 4.62. The summed E-state index contributed by atoms with van der Waals surface area (Å²) in [5.74, 6) is 0.201. The van der Waals surface area contributed by atoms with Gasteiger partial charge in [0.15, 0.2) is 0 Å². The average molecular weight is 322 g/mol. The number of anilines is 2. The molecule has 1 saturated carbocycles. The zero-order chi connectivity index (χ0) is 17.0. The molecule has 1 aromatic rings. The van der Waals surface area contributed by atoms with Crippen LogP contribution in [0.1, 0.15) is 53.4 Å². The minimum atomic E-state index is -0.574. The van der Waals surface area contributed by atoms with Gasteiger partial charge in [-0.2, -0.15) is 0 Å². The number of nitrogens with one attached hydrogen (secondary N) is 2. The lowest BCUT2D eigenvalue weighted by molar-refractivity contribution is 0.0636. The molecule has 2 N–H and O–H groups in total. The van der Waals surface area contributed by atoms with Crippen LogP contribution in [0.5, 0.6) is 0 Å². The van der Waals surface area contributed by atoms with Crippen molar-refractivity contribution in [3.8, 4) is 0 Å². The highest BCUT2D eigenvalue weighted by molar-refractivity contribution is 5.89. The smallest absolute Gasteiger partial charge is 0.412 e. The number of amides is 1. The Hall–Kier alpha value is -1.78. The molecule has 1 aliphatic carbocycles. The van der Waals surface area contributed by atoms with Crippen LogP contribution in [0.15, 0.2) is 18.2 Å². The number of rotatable bonds is 3. The van der Waals surface area contributed by atoms with Crippen LogP contribution in [0.2, 0.25) is 0 Å². The van der Waals surface area contributed by atoms with Crippen molar-refractivity contribution in [3.05, 3.63) is 24.0 Å². The number of carbonyl (C=O) groups is 1. The zero-order valence-electron chi connectivity index (χ0n) is 14.4. The fraction of sp³-hybridized carbons (Fsp3) is 0.611. The molecule has 1 fully saturated rings. The summed E-state index contributed by atoms with van der Waals surface area (Å²) in [5, 5.41) is 6.11. The molecule has 128 valence electrons. The molecule has 2 rings (SSSR count). The Morgan fingerprint density at radius 1 is 1.22 bits per heavy atom. The summed E-state index contributed by atoms with van der Waals surface area (Å²) in [5.41, 5.74) is 0.573. The van der Waals surface area contributed by atoms with Crippen molar-refractivity contribution in [2.45, 2.75) is 65.0 Å². The average Bonchev–Trinajstić information content (AvgIpc) is 2.42. The van der Waals surface area contributed by atoms with Gasteiger partial charge in [0.25, 0.3) is 0 Å². The van der Waals surface area contributed by atoms with E-state index in [1.807, 2.05) is 0 Å². The second-order valence-corrected chi connectivity index (χ2v) is 7.33. The lowest BCUT2D eigenvalue weighted by Crippen LogP contribution is -2.31. The molecule has 0 aromatic heterocycles. The standard InChI is InChI=1S/C18H27FN2O2/c1-12-7-5-6-8-14(12)20-16-11-13(19)9-10-15(16)21-17(22)23-18(2,3)4/h9-12,14,20H,5-8H2,1-4H3,(H,21,22). The van der Waals surface area contributed by atoms with Gasteiger partial charge < -0.3 is 10.1 Å². The molecule has 4 nitrogen and oxygen atoms in total. The molecular weight excluding hydrogens is 295 g/mol. The molecule has 1 aliphatic rings. The molecule has 0 radical (unpaired) electrons. The van der Waals surface area contributed by atoms with Crippen LogP contribution < -0.4 is 10.6 Å². The minimum absolute atomic E-state index is 0.296. The van der Waals surface area contributed by atoms with E-state index >= 15 is 0 Å². The summed E-state index contributed by atoms with van der Waals surface area (Å²) in [6.07, 6.45) is 4.10. The third-order valence-electron chi connectivity index (χ3n) is 4.07. The van der Waals surface area contributed by atoms with Gasteiger partial charge in [0.2, 0.25) is 0 Å². The molecule has 2 unspecified atom stereocenters. The van der Waals surface area contributed by atoms with Gasteiger partial charge in [-0.1, -0.05) is 19.8 Å². The van der Waals surface area contributed by atoms with Crippen molar-refractivity contribution in [2.75, 3.05) is 10.6 Å². The Balaban J connectivity index is 2.12. The molecule has 5 heteroatoms. The molecule has 0 aliphatic heterocycles. The predicted molar refractivity (Wildman–Crippen MR) is 91.3 cm³/mol. The van der Waals surface area contributed by atoms with Crippen molar-refractivity contribution in [1.82, 2.24) is 0 Å². The highest BCUT2D eigenvalue weighted by Crippen LogP contribution is 2.30. The fourth-order valence-corrected chi connectivity index (χ4v) is 2.89. The van der Waals surface area contributed by atoms with E-state index in [1.165, 1.54) is 31.4 Å². The van der Waals surface area contributed by atoms with Crippen LogP contribution in [0.3, 0.4) is 0 Å². The third-order valence-corrected chi connectivity index (χ3v) is 4.07. The normalized spacial score (nSPS) is 21.6. The maximum atomic E-state index is 13.6. The SMILES string of the molecule is CC1CCCCC1Nc1cc(F)ccc1NC(=O)OC(C)(C)C. The largest absolute Gasteiger partial charge is 0.444 e. The highest BCUT2D eigenvalue weighted by Gasteiger charge is 2.23. The Morgan fingerprint density at radius 2 is 1.91 bits per heavy atom. The maximum Gasteiger partial charge on any atom is 0.412 e. The molecule has 0 heterocycles. The zero-order valence-corrected chi connectivity index (χ0v) is 14.4. The second kappa shape index (κ2) is 7.20. The van der Waals surface area contributed by atoms with Gasteiger partial charge in [-0.05, 0) is 57.7 Å². The first-order valence-electron chi connectivity index (χ1n) is 8.31. The van der Waals surface area contributed by atoms with Crippen LogP contribution in [0, 0.1) is 11.7 Å². The predicted octanol–water partition coefficient (Wildman–Crippen LogP) is 5.16. The molecular formula is C18H27FN2O2. The van der Waals surface area contributed by atoms with E-state index in [0.29, 0.717) is 23.3 Å². The number of carbonyl (C=O) groups excluding carboxylic acids is 1. The molecule has 23 heavy (non-hydrogen) atoms. The van der Waals surface area contributed by atoms with E-state index in [1.54, 1.807) is 26.8 Å². The summed E-state index contributed by atoms with van der Waals surface area (Å²) in [4.78, 5) is 12.0. The lowest BCUT2D eigenvalue weighted by Gasteiger charge is -2.31. The monoisotopic (exact) mass is 322 g/mol. The maximum absolute atomic E-state index is 13.6. The van der Waals surface area contributed by atoms with Gasteiger partial charge in [0.05, 0.1) is 11.4 Å². The Kier molecular flexibility index (Phi) is 5.50. The van der Waals surface area contributed by atoms with Gasteiger partial charge in [-0.15, -0.1) is 0 Å². The van der Waals surface area contributed by atoms with Crippen molar-refractivity contribution < 1.29 is 13.9 Å². The van der Waals surface area contributed by atoms with E-state index in [2.05, 4.69) is 17.6 Å². The molecule has 2 atom stereocenters. The van der Waals surface area contributed by atoms with E-state index in [4.69, 9.17) is 4.74 Å². The molecule has 1 amide bonds. The van der Waals surface area contributed by atoms with E-state index in [-0.39, 0.29) is 5.82 Å². The molecule has 0 saturated heterocycles. The van der Waals surface area contributed by atoms with Crippen molar-refractivity contribution in [3.63, 3.8) is 0 Å². The Bertz CT molecular complexity index is 554. The van der Waals surface area contributed by atoms with Gasteiger partial charge in [-0.25, -0.2) is 9.18 Å². The van der Waals surface area contributed by atoms with E-state index < -0.39 is 11.7 Å².